The zero-order chi connectivity index (χ0) is 11.7. The molecule has 0 amide bonds. The third-order valence-corrected chi connectivity index (χ3v) is 3.80. The van der Waals surface area contributed by atoms with Crippen LogP contribution in [0.3, 0.4) is 0 Å². The topological polar surface area (TPSA) is 38.5 Å². The maximum atomic E-state index is 5.94. The SMILES string of the molecule is NC1CCN(c2ccc3c(c2)CCCO3)CC1. The second-order valence-electron chi connectivity index (χ2n) is 5.07. The molecule has 0 unspecified atom stereocenters. The Morgan fingerprint density at radius 1 is 1.24 bits per heavy atom. The number of piperidine rings is 1. The molecule has 2 heterocycles. The molecule has 1 aromatic carbocycles. The zero-order valence-corrected chi connectivity index (χ0v) is 10.2. The van der Waals surface area contributed by atoms with E-state index in [9.17, 15) is 0 Å². The van der Waals surface area contributed by atoms with Gasteiger partial charge in [0.15, 0.2) is 0 Å². The second kappa shape index (κ2) is 4.57. The fourth-order valence-corrected chi connectivity index (χ4v) is 2.70. The van der Waals surface area contributed by atoms with Crippen LogP contribution in [-0.4, -0.2) is 25.7 Å². The molecule has 0 aliphatic carbocycles. The highest BCUT2D eigenvalue weighted by Gasteiger charge is 2.18. The Bertz CT molecular complexity index is 397. The summed E-state index contributed by atoms with van der Waals surface area (Å²) in [7, 11) is 0. The van der Waals surface area contributed by atoms with Crippen molar-refractivity contribution in [2.24, 2.45) is 5.73 Å². The number of aryl methyl sites for hydroxylation is 1. The lowest BCUT2D eigenvalue weighted by Gasteiger charge is -2.32. The van der Waals surface area contributed by atoms with E-state index < -0.39 is 0 Å². The Labute approximate surface area is 103 Å². The molecular weight excluding hydrogens is 212 g/mol. The number of hydrogen-bond acceptors (Lipinski definition) is 3. The van der Waals surface area contributed by atoms with Crippen LogP contribution in [0.2, 0.25) is 0 Å². The van der Waals surface area contributed by atoms with Crippen LogP contribution in [0.5, 0.6) is 5.75 Å². The highest BCUT2D eigenvalue weighted by atomic mass is 16.5. The zero-order valence-electron chi connectivity index (χ0n) is 10.2. The molecule has 1 aromatic rings. The molecule has 0 spiro atoms. The predicted octanol–water partition coefficient (Wildman–Crippen LogP) is 1.94. The minimum absolute atomic E-state index is 0.396. The summed E-state index contributed by atoms with van der Waals surface area (Å²) >= 11 is 0. The number of nitrogens with zero attached hydrogens (tertiary/aromatic N) is 1. The Hall–Kier alpha value is -1.22. The van der Waals surface area contributed by atoms with Crippen molar-refractivity contribution in [3.05, 3.63) is 23.8 Å². The number of benzene rings is 1. The van der Waals surface area contributed by atoms with E-state index in [4.69, 9.17) is 10.5 Å². The molecule has 0 aromatic heterocycles. The summed E-state index contributed by atoms with van der Waals surface area (Å²) in [5.41, 5.74) is 8.64. The van der Waals surface area contributed by atoms with Gasteiger partial charge in [-0.25, -0.2) is 0 Å². The van der Waals surface area contributed by atoms with Crippen LogP contribution in [0, 0.1) is 0 Å². The second-order valence-corrected chi connectivity index (χ2v) is 5.07. The van der Waals surface area contributed by atoms with Gasteiger partial charge in [0, 0.05) is 24.8 Å². The Morgan fingerprint density at radius 3 is 2.88 bits per heavy atom. The van der Waals surface area contributed by atoms with Crippen molar-refractivity contribution in [2.45, 2.75) is 31.7 Å². The number of rotatable bonds is 1. The molecule has 2 aliphatic heterocycles. The van der Waals surface area contributed by atoms with Gasteiger partial charge in [0.05, 0.1) is 6.61 Å². The third-order valence-electron chi connectivity index (χ3n) is 3.80. The van der Waals surface area contributed by atoms with Gasteiger partial charge >= 0.3 is 0 Å². The molecular formula is C14H20N2O. The van der Waals surface area contributed by atoms with Gasteiger partial charge in [0.1, 0.15) is 5.75 Å². The van der Waals surface area contributed by atoms with Crippen LogP contribution in [0.1, 0.15) is 24.8 Å². The van der Waals surface area contributed by atoms with E-state index in [0.717, 1.165) is 51.1 Å². The van der Waals surface area contributed by atoms with Gasteiger partial charge in [-0.15, -0.1) is 0 Å². The summed E-state index contributed by atoms with van der Waals surface area (Å²) in [5.74, 6) is 1.08. The monoisotopic (exact) mass is 232 g/mol. The largest absolute Gasteiger partial charge is 0.493 e. The van der Waals surface area contributed by atoms with E-state index >= 15 is 0 Å². The van der Waals surface area contributed by atoms with E-state index in [2.05, 4.69) is 23.1 Å². The summed E-state index contributed by atoms with van der Waals surface area (Å²) in [6.07, 6.45) is 4.50. The minimum Gasteiger partial charge on any atom is -0.493 e. The van der Waals surface area contributed by atoms with Crippen LogP contribution in [-0.2, 0) is 6.42 Å². The molecule has 92 valence electrons. The van der Waals surface area contributed by atoms with Crippen LogP contribution in [0.4, 0.5) is 5.69 Å². The van der Waals surface area contributed by atoms with Gasteiger partial charge in [0.2, 0.25) is 0 Å². The van der Waals surface area contributed by atoms with Crippen molar-refractivity contribution in [1.29, 1.82) is 0 Å². The fourth-order valence-electron chi connectivity index (χ4n) is 2.70. The average Bonchev–Trinajstić information content (AvgIpc) is 2.39. The van der Waals surface area contributed by atoms with Crippen molar-refractivity contribution in [1.82, 2.24) is 0 Å². The molecule has 1 saturated heterocycles. The van der Waals surface area contributed by atoms with E-state index in [0.29, 0.717) is 6.04 Å². The number of hydrogen-bond donors (Lipinski definition) is 1. The van der Waals surface area contributed by atoms with Crippen LogP contribution in [0.15, 0.2) is 18.2 Å². The normalized spacial score (nSPS) is 20.9. The first-order chi connectivity index (χ1) is 8.33. The summed E-state index contributed by atoms with van der Waals surface area (Å²) in [6, 6.07) is 7.00. The lowest BCUT2D eigenvalue weighted by Crippen LogP contribution is -2.39. The number of nitrogens with two attached hydrogens (primary N) is 1. The maximum absolute atomic E-state index is 5.94. The van der Waals surface area contributed by atoms with Gasteiger partial charge in [-0.3, -0.25) is 0 Å². The van der Waals surface area contributed by atoms with Crippen molar-refractivity contribution >= 4 is 5.69 Å². The standard InChI is InChI=1S/C14H20N2O/c15-12-5-7-16(8-6-12)13-3-4-14-11(10-13)2-1-9-17-14/h3-4,10,12H,1-2,5-9,15H2. The summed E-state index contributed by atoms with van der Waals surface area (Å²) in [5, 5.41) is 0. The quantitative estimate of drug-likeness (QED) is 0.804. The Morgan fingerprint density at radius 2 is 2.06 bits per heavy atom. The van der Waals surface area contributed by atoms with E-state index in [1.54, 1.807) is 0 Å². The summed E-state index contributed by atoms with van der Waals surface area (Å²) < 4.78 is 5.64. The molecule has 3 rings (SSSR count). The van der Waals surface area contributed by atoms with Crippen molar-refractivity contribution in [3.63, 3.8) is 0 Å². The number of ether oxygens (including phenoxy) is 1. The molecule has 2 N–H and O–H groups in total. The maximum Gasteiger partial charge on any atom is 0.122 e. The molecule has 2 aliphatic rings. The predicted molar refractivity (Wildman–Crippen MR) is 69.7 cm³/mol. The average molecular weight is 232 g/mol. The first kappa shape index (κ1) is 10.9. The van der Waals surface area contributed by atoms with Crippen LogP contribution < -0.4 is 15.4 Å². The fraction of sp³-hybridized carbons (Fsp3) is 0.571. The Kier molecular flexibility index (Phi) is 2.93. The molecule has 0 saturated carbocycles. The summed E-state index contributed by atoms with van der Waals surface area (Å²) in [4.78, 5) is 2.44. The number of fused-ring (bicyclic) bond motifs is 1. The molecule has 1 fully saturated rings. The summed E-state index contributed by atoms with van der Waals surface area (Å²) in [6.45, 7) is 3.03. The van der Waals surface area contributed by atoms with Crippen LogP contribution in [0.25, 0.3) is 0 Å². The molecule has 0 atom stereocenters. The van der Waals surface area contributed by atoms with Gasteiger partial charge in [-0.2, -0.15) is 0 Å². The first-order valence-electron chi connectivity index (χ1n) is 6.59. The van der Waals surface area contributed by atoms with Gasteiger partial charge in [-0.1, -0.05) is 0 Å². The molecule has 0 bridgehead atoms. The first-order valence-corrected chi connectivity index (χ1v) is 6.59. The van der Waals surface area contributed by atoms with Gasteiger partial charge in [0.25, 0.3) is 0 Å². The Balaban J connectivity index is 1.79. The van der Waals surface area contributed by atoms with Gasteiger partial charge in [-0.05, 0) is 49.4 Å². The molecule has 3 nitrogen and oxygen atoms in total. The van der Waals surface area contributed by atoms with E-state index in [-0.39, 0.29) is 0 Å². The highest BCUT2D eigenvalue weighted by molar-refractivity contribution is 5.54. The minimum atomic E-state index is 0.396. The lowest BCUT2D eigenvalue weighted by molar-refractivity contribution is 0.288. The lowest BCUT2D eigenvalue weighted by atomic mass is 10.0. The van der Waals surface area contributed by atoms with Crippen molar-refractivity contribution < 1.29 is 4.74 Å². The van der Waals surface area contributed by atoms with Crippen molar-refractivity contribution in [2.75, 3.05) is 24.6 Å². The number of anilines is 1. The molecule has 17 heavy (non-hydrogen) atoms. The van der Waals surface area contributed by atoms with E-state index in [1.807, 2.05) is 0 Å². The highest BCUT2D eigenvalue weighted by Crippen LogP contribution is 2.30. The molecule has 3 heteroatoms. The van der Waals surface area contributed by atoms with Crippen molar-refractivity contribution in [3.8, 4) is 5.75 Å². The van der Waals surface area contributed by atoms with Gasteiger partial charge < -0.3 is 15.4 Å². The smallest absolute Gasteiger partial charge is 0.122 e. The molecule has 0 radical (unpaired) electrons. The van der Waals surface area contributed by atoms with Crippen LogP contribution >= 0.6 is 0 Å². The van der Waals surface area contributed by atoms with E-state index in [1.165, 1.54) is 11.3 Å². The third kappa shape index (κ3) is 2.25.